The molecule has 0 spiro atoms. The van der Waals surface area contributed by atoms with Gasteiger partial charge in [-0.05, 0) is 37.1 Å². The normalized spacial score (nSPS) is 11.4. The summed E-state index contributed by atoms with van der Waals surface area (Å²) in [7, 11) is -3.40. The SMILES string of the molecule is Cc1ccccc1S(=O)(=O)c1ccccc1C. The van der Waals surface area contributed by atoms with Gasteiger partial charge in [0.25, 0.3) is 0 Å². The Balaban J connectivity index is 2.67. The van der Waals surface area contributed by atoms with Gasteiger partial charge in [0.1, 0.15) is 0 Å². The fourth-order valence-electron chi connectivity index (χ4n) is 1.83. The summed E-state index contributed by atoms with van der Waals surface area (Å²) in [5.41, 5.74) is 1.55. The van der Waals surface area contributed by atoms with E-state index < -0.39 is 9.84 Å². The van der Waals surface area contributed by atoms with Crippen LogP contribution in [0, 0.1) is 13.8 Å². The quantitative estimate of drug-likeness (QED) is 0.815. The van der Waals surface area contributed by atoms with Gasteiger partial charge in [0.05, 0.1) is 9.79 Å². The summed E-state index contributed by atoms with van der Waals surface area (Å²) in [4.78, 5) is 0.767. The summed E-state index contributed by atoms with van der Waals surface area (Å²) in [6, 6.07) is 14.1. The van der Waals surface area contributed by atoms with E-state index in [1.54, 1.807) is 24.3 Å². The molecule has 0 aliphatic carbocycles. The smallest absolute Gasteiger partial charge is 0.207 e. The average Bonchev–Trinajstić information content (AvgIpc) is 2.29. The van der Waals surface area contributed by atoms with E-state index in [1.165, 1.54) is 0 Å². The number of benzene rings is 2. The van der Waals surface area contributed by atoms with Crippen molar-refractivity contribution in [3.63, 3.8) is 0 Å². The van der Waals surface area contributed by atoms with Crippen LogP contribution >= 0.6 is 0 Å². The highest BCUT2D eigenvalue weighted by Gasteiger charge is 2.20. The highest BCUT2D eigenvalue weighted by molar-refractivity contribution is 7.91. The van der Waals surface area contributed by atoms with E-state index in [0.717, 1.165) is 11.1 Å². The Labute approximate surface area is 102 Å². The minimum atomic E-state index is -3.40. The zero-order chi connectivity index (χ0) is 12.5. The van der Waals surface area contributed by atoms with Crippen molar-refractivity contribution in [3.8, 4) is 0 Å². The molecule has 0 saturated carbocycles. The van der Waals surface area contributed by atoms with Crippen molar-refractivity contribution >= 4 is 9.84 Å². The van der Waals surface area contributed by atoms with Gasteiger partial charge in [-0.1, -0.05) is 36.4 Å². The minimum absolute atomic E-state index is 0.384. The Hall–Kier alpha value is -1.61. The lowest BCUT2D eigenvalue weighted by molar-refractivity contribution is 0.595. The first-order valence-corrected chi connectivity index (χ1v) is 6.88. The number of rotatable bonds is 2. The third kappa shape index (κ3) is 2.11. The minimum Gasteiger partial charge on any atom is -0.218 e. The summed E-state index contributed by atoms with van der Waals surface area (Å²) in [5.74, 6) is 0. The fourth-order valence-corrected chi connectivity index (χ4v) is 3.57. The highest BCUT2D eigenvalue weighted by Crippen LogP contribution is 2.25. The van der Waals surface area contributed by atoms with E-state index in [4.69, 9.17) is 0 Å². The topological polar surface area (TPSA) is 34.1 Å². The predicted octanol–water partition coefficient (Wildman–Crippen LogP) is 3.14. The second-order valence-corrected chi connectivity index (χ2v) is 5.92. The number of hydrogen-bond acceptors (Lipinski definition) is 2. The lowest BCUT2D eigenvalue weighted by Crippen LogP contribution is -2.05. The van der Waals surface area contributed by atoms with Crippen LogP contribution in [-0.2, 0) is 9.84 Å². The van der Waals surface area contributed by atoms with Gasteiger partial charge in [0.2, 0.25) is 9.84 Å². The molecular weight excluding hydrogens is 232 g/mol. The van der Waals surface area contributed by atoms with Gasteiger partial charge in [-0.25, -0.2) is 8.42 Å². The number of sulfone groups is 1. The molecule has 0 saturated heterocycles. The molecule has 0 atom stereocenters. The van der Waals surface area contributed by atoms with Crippen molar-refractivity contribution in [1.82, 2.24) is 0 Å². The standard InChI is InChI=1S/C14H14O2S/c1-11-7-3-5-9-13(11)17(15,16)14-10-6-4-8-12(14)2/h3-10H,1-2H3. The maximum atomic E-state index is 12.5. The maximum absolute atomic E-state index is 12.5. The van der Waals surface area contributed by atoms with Gasteiger partial charge < -0.3 is 0 Å². The molecule has 0 N–H and O–H groups in total. The molecule has 0 fully saturated rings. The van der Waals surface area contributed by atoms with Gasteiger partial charge in [-0.2, -0.15) is 0 Å². The molecule has 0 aromatic heterocycles. The molecule has 17 heavy (non-hydrogen) atoms. The van der Waals surface area contributed by atoms with Crippen LogP contribution in [0.1, 0.15) is 11.1 Å². The van der Waals surface area contributed by atoms with E-state index >= 15 is 0 Å². The molecule has 2 aromatic rings. The van der Waals surface area contributed by atoms with Crippen LogP contribution in [0.4, 0.5) is 0 Å². The zero-order valence-corrected chi connectivity index (χ0v) is 10.7. The molecule has 0 radical (unpaired) electrons. The second kappa shape index (κ2) is 4.34. The van der Waals surface area contributed by atoms with Gasteiger partial charge >= 0.3 is 0 Å². The first kappa shape index (κ1) is 11.9. The molecule has 0 heterocycles. The van der Waals surface area contributed by atoms with Crippen molar-refractivity contribution in [2.24, 2.45) is 0 Å². The van der Waals surface area contributed by atoms with E-state index in [2.05, 4.69) is 0 Å². The van der Waals surface area contributed by atoms with Crippen LogP contribution in [0.15, 0.2) is 58.3 Å². The van der Waals surface area contributed by atoms with Crippen molar-refractivity contribution in [1.29, 1.82) is 0 Å². The first-order valence-electron chi connectivity index (χ1n) is 5.40. The number of hydrogen-bond donors (Lipinski definition) is 0. The fraction of sp³-hybridized carbons (Fsp3) is 0.143. The van der Waals surface area contributed by atoms with Crippen LogP contribution in [0.25, 0.3) is 0 Å². The van der Waals surface area contributed by atoms with Gasteiger partial charge in [0.15, 0.2) is 0 Å². The lowest BCUT2D eigenvalue weighted by Gasteiger charge is -2.09. The van der Waals surface area contributed by atoms with Gasteiger partial charge in [-0.3, -0.25) is 0 Å². The number of aryl methyl sites for hydroxylation is 2. The van der Waals surface area contributed by atoms with Crippen LogP contribution in [-0.4, -0.2) is 8.42 Å². The summed E-state index contributed by atoms with van der Waals surface area (Å²) < 4.78 is 25.0. The molecule has 2 aromatic carbocycles. The van der Waals surface area contributed by atoms with Gasteiger partial charge in [0, 0.05) is 0 Å². The Morgan fingerprint density at radius 1 is 0.706 bits per heavy atom. The Morgan fingerprint density at radius 2 is 1.06 bits per heavy atom. The molecule has 88 valence electrons. The largest absolute Gasteiger partial charge is 0.218 e. The summed E-state index contributed by atoms with van der Waals surface area (Å²) in [6.07, 6.45) is 0. The molecule has 0 aliphatic rings. The molecular formula is C14H14O2S. The summed E-state index contributed by atoms with van der Waals surface area (Å²) in [6.45, 7) is 3.62. The Morgan fingerprint density at radius 3 is 1.41 bits per heavy atom. The van der Waals surface area contributed by atoms with Crippen molar-refractivity contribution < 1.29 is 8.42 Å². The van der Waals surface area contributed by atoms with Crippen LogP contribution in [0.5, 0.6) is 0 Å². The molecule has 0 unspecified atom stereocenters. The van der Waals surface area contributed by atoms with E-state index in [0.29, 0.717) is 9.79 Å². The molecule has 0 bridgehead atoms. The second-order valence-electron chi connectivity index (χ2n) is 4.03. The predicted molar refractivity (Wildman–Crippen MR) is 67.8 cm³/mol. The lowest BCUT2D eigenvalue weighted by atomic mass is 10.2. The molecule has 3 heteroatoms. The van der Waals surface area contributed by atoms with E-state index in [9.17, 15) is 8.42 Å². The summed E-state index contributed by atoms with van der Waals surface area (Å²) in [5, 5.41) is 0. The average molecular weight is 246 g/mol. The van der Waals surface area contributed by atoms with Crippen LogP contribution in [0.3, 0.4) is 0 Å². The highest BCUT2D eigenvalue weighted by atomic mass is 32.2. The van der Waals surface area contributed by atoms with Crippen LogP contribution in [0.2, 0.25) is 0 Å². The maximum Gasteiger partial charge on any atom is 0.207 e. The van der Waals surface area contributed by atoms with E-state index in [-0.39, 0.29) is 0 Å². The van der Waals surface area contributed by atoms with Crippen molar-refractivity contribution in [3.05, 3.63) is 59.7 Å². The Kier molecular flexibility index (Phi) is 3.03. The monoisotopic (exact) mass is 246 g/mol. The van der Waals surface area contributed by atoms with Crippen molar-refractivity contribution in [2.75, 3.05) is 0 Å². The molecule has 2 nitrogen and oxygen atoms in total. The van der Waals surface area contributed by atoms with Gasteiger partial charge in [-0.15, -0.1) is 0 Å². The Bertz CT molecular complexity index is 591. The zero-order valence-electron chi connectivity index (χ0n) is 9.84. The third-order valence-electron chi connectivity index (χ3n) is 2.77. The first-order chi connectivity index (χ1) is 8.03. The van der Waals surface area contributed by atoms with E-state index in [1.807, 2.05) is 38.1 Å². The van der Waals surface area contributed by atoms with Crippen molar-refractivity contribution in [2.45, 2.75) is 23.6 Å². The molecule has 0 aliphatic heterocycles. The van der Waals surface area contributed by atoms with Crippen LogP contribution < -0.4 is 0 Å². The molecule has 0 amide bonds. The third-order valence-corrected chi connectivity index (χ3v) is 4.84. The molecule has 2 rings (SSSR count). The summed E-state index contributed by atoms with van der Waals surface area (Å²) >= 11 is 0.